The lowest BCUT2D eigenvalue weighted by atomic mass is 9.93. The lowest BCUT2D eigenvalue weighted by Gasteiger charge is -2.15. The van der Waals surface area contributed by atoms with E-state index in [0.717, 1.165) is 0 Å². The van der Waals surface area contributed by atoms with E-state index in [9.17, 15) is 10.5 Å². The zero-order valence-electron chi connectivity index (χ0n) is 22.4. The highest BCUT2D eigenvalue weighted by atomic mass is 32.2. The number of nitrogens with zero attached hydrogens (tertiary/aromatic N) is 2. The fourth-order valence-corrected chi connectivity index (χ4v) is 7.81. The van der Waals surface area contributed by atoms with Gasteiger partial charge in [0.25, 0.3) is 0 Å². The monoisotopic (exact) mass is 550 g/mol. The molecule has 0 heterocycles. The van der Waals surface area contributed by atoms with Crippen molar-refractivity contribution in [1.82, 2.24) is 0 Å². The van der Waals surface area contributed by atoms with Gasteiger partial charge in [0.15, 0.2) is 0 Å². The summed E-state index contributed by atoms with van der Waals surface area (Å²) in [6.07, 6.45) is 0. The SMILES string of the molecule is Cc1c2ccccc2c(CS/C(C#N)=C(\C#N)SCc2c3ccccc3c(C)c3ccccc23)c2ccccc12. The summed E-state index contributed by atoms with van der Waals surface area (Å²) in [5, 5.41) is 30.0. The zero-order chi connectivity index (χ0) is 27.6. The summed E-state index contributed by atoms with van der Waals surface area (Å²) in [5.74, 6) is 1.23. The Balaban J connectivity index is 1.37. The van der Waals surface area contributed by atoms with Crippen molar-refractivity contribution in [2.24, 2.45) is 0 Å². The van der Waals surface area contributed by atoms with Crippen LogP contribution in [0, 0.1) is 36.5 Å². The summed E-state index contributed by atoms with van der Waals surface area (Å²) in [5.41, 5.74) is 4.93. The Kier molecular flexibility index (Phi) is 7.23. The van der Waals surface area contributed by atoms with Gasteiger partial charge in [-0.15, -0.1) is 23.5 Å². The highest BCUT2D eigenvalue weighted by Gasteiger charge is 2.16. The number of nitriles is 2. The van der Waals surface area contributed by atoms with E-state index in [2.05, 4.69) is 123 Å². The fourth-order valence-electron chi connectivity index (χ4n) is 5.77. The van der Waals surface area contributed by atoms with Crippen LogP contribution in [0.3, 0.4) is 0 Å². The van der Waals surface area contributed by atoms with Crippen molar-refractivity contribution in [3.8, 4) is 12.1 Å². The number of rotatable bonds is 6. The first-order chi connectivity index (χ1) is 19.6. The Bertz CT molecular complexity index is 1800. The molecule has 0 unspecified atom stereocenters. The Labute approximate surface area is 242 Å². The molecule has 0 radical (unpaired) electrons. The second kappa shape index (κ2) is 11.1. The highest BCUT2D eigenvalue weighted by Crippen LogP contribution is 2.40. The highest BCUT2D eigenvalue weighted by molar-refractivity contribution is 8.06. The van der Waals surface area contributed by atoms with Crippen LogP contribution >= 0.6 is 23.5 Å². The molecule has 0 fully saturated rings. The quantitative estimate of drug-likeness (QED) is 0.153. The van der Waals surface area contributed by atoms with E-state index < -0.39 is 0 Å². The minimum atomic E-state index is 0.474. The number of hydrogen-bond donors (Lipinski definition) is 0. The molecule has 6 aromatic carbocycles. The molecule has 0 spiro atoms. The molecule has 2 nitrogen and oxygen atoms in total. The zero-order valence-corrected chi connectivity index (χ0v) is 24.0. The van der Waals surface area contributed by atoms with E-state index in [-0.39, 0.29) is 0 Å². The van der Waals surface area contributed by atoms with Crippen LogP contribution in [0.2, 0.25) is 0 Å². The normalized spacial score (nSPS) is 12.0. The molecule has 0 aromatic heterocycles. The van der Waals surface area contributed by atoms with Gasteiger partial charge in [-0.05, 0) is 79.2 Å². The predicted octanol–water partition coefficient (Wildman–Crippen LogP) is 10.3. The number of aryl methyl sites for hydroxylation is 2. The van der Waals surface area contributed by atoms with E-state index in [1.807, 2.05) is 0 Å². The summed E-state index contributed by atoms with van der Waals surface area (Å²) in [4.78, 5) is 0.948. The van der Waals surface area contributed by atoms with Crippen LogP contribution in [-0.4, -0.2) is 0 Å². The topological polar surface area (TPSA) is 47.6 Å². The van der Waals surface area contributed by atoms with Gasteiger partial charge in [0.1, 0.15) is 21.9 Å². The number of hydrogen-bond acceptors (Lipinski definition) is 4. The van der Waals surface area contributed by atoms with Crippen LogP contribution in [0.4, 0.5) is 0 Å². The molecule has 0 bridgehead atoms. The van der Waals surface area contributed by atoms with Crippen LogP contribution in [-0.2, 0) is 11.5 Å². The largest absolute Gasteiger partial charge is 0.192 e. The number of allylic oxidation sites excluding steroid dienone is 2. The van der Waals surface area contributed by atoms with Gasteiger partial charge in [-0.25, -0.2) is 0 Å². The van der Waals surface area contributed by atoms with E-state index >= 15 is 0 Å². The summed E-state index contributed by atoms with van der Waals surface area (Å²) >= 11 is 2.93. The lowest BCUT2D eigenvalue weighted by Crippen LogP contribution is -1.93. The Morgan fingerprint density at radius 2 is 0.725 bits per heavy atom. The molecule has 0 atom stereocenters. The van der Waals surface area contributed by atoms with Crippen LogP contribution in [0.1, 0.15) is 22.3 Å². The molecule has 0 aliphatic rings. The maximum Gasteiger partial charge on any atom is 0.109 e. The number of fused-ring (bicyclic) bond motifs is 4. The van der Waals surface area contributed by atoms with Crippen molar-refractivity contribution in [2.45, 2.75) is 25.4 Å². The van der Waals surface area contributed by atoms with Crippen LogP contribution in [0.5, 0.6) is 0 Å². The van der Waals surface area contributed by atoms with Crippen molar-refractivity contribution < 1.29 is 0 Å². The third kappa shape index (κ3) is 4.50. The first-order valence-corrected chi connectivity index (χ1v) is 15.2. The molecule has 4 heteroatoms. The first kappa shape index (κ1) is 26.0. The maximum absolute atomic E-state index is 10.2. The minimum Gasteiger partial charge on any atom is -0.192 e. The Morgan fingerprint density at radius 1 is 0.475 bits per heavy atom. The maximum atomic E-state index is 10.2. The molecule has 0 saturated carbocycles. The molecule has 6 aromatic rings. The van der Waals surface area contributed by atoms with E-state index in [1.54, 1.807) is 0 Å². The van der Waals surface area contributed by atoms with E-state index in [4.69, 9.17) is 0 Å². The second-order valence-corrected chi connectivity index (χ2v) is 11.8. The number of thioether (sulfide) groups is 2. The minimum absolute atomic E-state index is 0.474. The van der Waals surface area contributed by atoms with E-state index in [1.165, 1.54) is 88.9 Å². The van der Waals surface area contributed by atoms with Crippen LogP contribution in [0.25, 0.3) is 43.1 Å². The average Bonchev–Trinajstić information content (AvgIpc) is 3.01. The van der Waals surface area contributed by atoms with E-state index in [0.29, 0.717) is 21.3 Å². The van der Waals surface area contributed by atoms with Crippen molar-refractivity contribution in [3.05, 3.63) is 129 Å². The van der Waals surface area contributed by atoms with Crippen molar-refractivity contribution >= 4 is 66.6 Å². The van der Waals surface area contributed by atoms with Gasteiger partial charge >= 0.3 is 0 Å². The third-order valence-electron chi connectivity index (χ3n) is 7.76. The van der Waals surface area contributed by atoms with Crippen LogP contribution < -0.4 is 0 Å². The summed E-state index contributed by atoms with van der Waals surface area (Å²) in [6.45, 7) is 4.34. The molecule has 0 N–H and O–H groups in total. The summed E-state index contributed by atoms with van der Waals surface area (Å²) in [6, 6.07) is 38.6. The standard InChI is InChI=1S/C36H26N2S2/c1-23-25-11-3-7-15-29(25)33(30-16-8-4-12-26(23)30)21-39-35(19-37)36(20-38)40-22-34-31-17-9-5-13-27(31)24(2)28-14-6-10-18-32(28)34/h3-18H,21-22H2,1-2H3/b36-35+. The van der Waals surface area contributed by atoms with Crippen molar-refractivity contribution in [1.29, 1.82) is 10.5 Å². The lowest BCUT2D eigenvalue weighted by molar-refractivity contribution is 1.46. The molecule has 0 aliphatic heterocycles. The summed E-state index contributed by atoms with van der Waals surface area (Å²) in [7, 11) is 0. The molecule has 0 saturated heterocycles. The van der Waals surface area contributed by atoms with Crippen molar-refractivity contribution in [3.63, 3.8) is 0 Å². The predicted molar refractivity (Wildman–Crippen MR) is 173 cm³/mol. The van der Waals surface area contributed by atoms with Gasteiger partial charge in [-0.2, -0.15) is 10.5 Å². The molecule has 0 amide bonds. The Hall–Kier alpha value is -4.22. The third-order valence-corrected chi connectivity index (χ3v) is 9.92. The Morgan fingerprint density at radius 3 is 0.975 bits per heavy atom. The molecule has 192 valence electrons. The van der Waals surface area contributed by atoms with Gasteiger partial charge in [-0.1, -0.05) is 97.1 Å². The second-order valence-electron chi connectivity index (χ2n) is 9.85. The van der Waals surface area contributed by atoms with Gasteiger partial charge in [0.05, 0.1) is 0 Å². The van der Waals surface area contributed by atoms with Gasteiger partial charge < -0.3 is 0 Å². The summed E-state index contributed by atoms with van der Waals surface area (Å²) < 4.78 is 0. The number of benzene rings is 6. The van der Waals surface area contributed by atoms with Crippen molar-refractivity contribution in [2.75, 3.05) is 0 Å². The fraction of sp³-hybridized carbons (Fsp3) is 0.111. The molecule has 6 rings (SSSR count). The molecular formula is C36H26N2S2. The first-order valence-electron chi connectivity index (χ1n) is 13.2. The molecule has 0 aliphatic carbocycles. The van der Waals surface area contributed by atoms with Gasteiger partial charge in [0.2, 0.25) is 0 Å². The van der Waals surface area contributed by atoms with Gasteiger partial charge in [-0.3, -0.25) is 0 Å². The van der Waals surface area contributed by atoms with Crippen LogP contribution in [0.15, 0.2) is 107 Å². The molecule has 40 heavy (non-hydrogen) atoms. The molecular weight excluding hydrogens is 525 g/mol. The average molecular weight is 551 g/mol. The smallest absolute Gasteiger partial charge is 0.109 e. The van der Waals surface area contributed by atoms with Gasteiger partial charge in [0, 0.05) is 11.5 Å².